The highest BCUT2D eigenvalue weighted by atomic mass is 19.1. The standard InChI is InChI=1S/C12H18FN3O/c1-9-8-17-4-3-16(9)12-10(6-14-2)5-11(13)7-15-12/h5,7,9,14H,3-4,6,8H2,1-2H3. The minimum absolute atomic E-state index is 0.275. The van der Waals surface area contributed by atoms with Crippen molar-refractivity contribution in [2.24, 2.45) is 0 Å². The number of nitrogens with zero attached hydrogens (tertiary/aromatic N) is 2. The van der Waals surface area contributed by atoms with Gasteiger partial charge >= 0.3 is 0 Å². The first kappa shape index (κ1) is 12.3. The van der Waals surface area contributed by atoms with Gasteiger partial charge in [0.05, 0.1) is 25.5 Å². The normalized spacial score (nSPS) is 20.6. The van der Waals surface area contributed by atoms with E-state index in [2.05, 4.69) is 22.1 Å². The molecule has 1 aromatic heterocycles. The Bertz CT molecular complexity index is 386. The third-order valence-electron chi connectivity index (χ3n) is 2.92. The zero-order valence-corrected chi connectivity index (χ0v) is 10.2. The van der Waals surface area contributed by atoms with Crippen molar-refractivity contribution in [2.45, 2.75) is 19.5 Å². The number of morpholine rings is 1. The first-order chi connectivity index (χ1) is 8.22. The van der Waals surface area contributed by atoms with Crippen LogP contribution in [0.2, 0.25) is 0 Å². The summed E-state index contributed by atoms with van der Waals surface area (Å²) in [5.74, 6) is 0.566. The van der Waals surface area contributed by atoms with Gasteiger partial charge in [-0.05, 0) is 20.0 Å². The molecular formula is C12H18FN3O. The van der Waals surface area contributed by atoms with E-state index in [0.29, 0.717) is 19.8 Å². The van der Waals surface area contributed by atoms with Gasteiger partial charge in [0.1, 0.15) is 11.6 Å². The zero-order chi connectivity index (χ0) is 12.3. The van der Waals surface area contributed by atoms with Gasteiger partial charge in [-0.2, -0.15) is 0 Å². The molecule has 1 aliphatic rings. The fraction of sp³-hybridized carbons (Fsp3) is 0.583. The van der Waals surface area contributed by atoms with E-state index in [-0.39, 0.29) is 11.9 Å². The van der Waals surface area contributed by atoms with E-state index in [4.69, 9.17) is 4.74 Å². The summed E-state index contributed by atoms with van der Waals surface area (Å²) in [5.41, 5.74) is 0.890. The molecule has 1 aromatic rings. The molecule has 0 saturated carbocycles. The predicted molar refractivity (Wildman–Crippen MR) is 64.6 cm³/mol. The summed E-state index contributed by atoms with van der Waals surface area (Å²) in [4.78, 5) is 6.40. The molecular weight excluding hydrogens is 221 g/mol. The third-order valence-corrected chi connectivity index (χ3v) is 2.92. The molecule has 1 saturated heterocycles. The molecule has 2 heterocycles. The molecule has 17 heavy (non-hydrogen) atoms. The summed E-state index contributed by atoms with van der Waals surface area (Å²) in [6, 6.07) is 1.82. The SMILES string of the molecule is CNCc1cc(F)cnc1N1CCOCC1C. The molecule has 1 aliphatic heterocycles. The highest BCUT2D eigenvalue weighted by Crippen LogP contribution is 2.22. The fourth-order valence-corrected chi connectivity index (χ4v) is 2.09. The van der Waals surface area contributed by atoms with Gasteiger partial charge in [0.15, 0.2) is 0 Å². The Labute approximate surface area is 101 Å². The Morgan fingerprint density at radius 2 is 2.47 bits per heavy atom. The van der Waals surface area contributed by atoms with Crippen LogP contribution >= 0.6 is 0 Å². The van der Waals surface area contributed by atoms with Gasteiger partial charge in [-0.15, -0.1) is 0 Å². The lowest BCUT2D eigenvalue weighted by molar-refractivity contribution is 0.0984. The number of halogens is 1. The van der Waals surface area contributed by atoms with Crippen LogP contribution < -0.4 is 10.2 Å². The van der Waals surface area contributed by atoms with Crippen LogP contribution in [-0.4, -0.2) is 37.8 Å². The van der Waals surface area contributed by atoms with Crippen LogP contribution in [0.25, 0.3) is 0 Å². The summed E-state index contributed by atoms with van der Waals surface area (Å²) in [7, 11) is 1.84. The van der Waals surface area contributed by atoms with Crippen molar-refractivity contribution in [3.8, 4) is 0 Å². The van der Waals surface area contributed by atoms with E-state index in [1.165, 1.54) is 6.20 Å². The molecule has 0 aliphatic carbocycles. The maximum absolute atomic E-state index is 13.2. The number of anilines is 1. The number of hydrogen-bond acceptors (Lipinski definition) is 4. The Balaban J connectivity index is 2.29. The van der Waals surface area contributed by atoms with Crippen molar-refractivity contribution in [1.82, 2.24) is 10.3 Å². The van der Waals surface area contributed by atoms with Gasteiger partial charge < -0.3 is 15.0 Å². The second-order valence-corrected chi connectivity index (χ2v) is 4.28. The van der Waals surface area contributed by atoms with Crippen molar-refractivity contribution >= 4 is 5.82 Å². The third kappa shape index (κ3) is 2.73. The van der Waals surface area contributed by atoms with Crippen LogP contribution in [0.15, 0.2) is 12.3 Å². The average molecular weight is 239 g/mol. The van der Waals surface area contributed by atoms with Gasteiger partial charge in [0.25, 0.3) is 0 Å². The number of ether oxygens (including phenoxy) is 1. The van der Waals surface area contributed by atoms with Crippen LogP contribution in [0.1, 0.15) is 12.5 Å². The van der Waals surface area contributed by atoms with E-state index < -0.39 is 0 Å². The topological polar surface area (TPSA) is 37.4 Å². The molecule has 0 spiro atoms. The van der Waals surface area contributed by atoms with Crippen LogP contribution in [0.3, 0.4) is 0 Å². The number of hydrogen-bond donors (Lipinski definition) is 1. The number of nitrogens with one attached hydrogen (secondary N) is 1. The van der Waals surface area contributed by atoms with E-state index in [1.54, 1.807) is 6.07 Å². The van der Waals surface area contributed by atoms with Gasteiger partial charge in [0, 0.05) is 18.7 Å². The lowest BCUT2D eigenvalue weighted by Crippen LogP contribution is -2.44. The van der Waals surface area contributed by atoms with Gasteiger partial charge in [-0.3, -0.25) is 0 Å². The predicted octanol–water partition coefficient (Wildman–Crippen LogP) is 1.17. The molecule has 0 amide bonds. The molecule has 5 heteroatoms. The summed E-state index contributed by atoms with van der Waals surface area (Å²) in [6.45, 7) is 4.90. The maximum Gasteiger partial charge on any atom is 0.141 e. The molecule has 0 bridgehead atoms. The molecule has 0 aromatic carbocycles. The lowest BCUT2D eigenvalue weighted by atomic mass is 10.2. The minimum Gasteiger partial charge on any atom is -0.377 e. The molecule has 94 valence electrons. The molecule has 1 unspecified atom stereocenters. The summed E-state index contributed by atoms with van der Waals surface area (Å²) in [6.07, 6.45) is 1.27. The molecule has 1 N–H and O–H groups in total. The van der Waals surface area contributed by atoms with Gasteiger partial charge in [0.2, 0.25) is 0 Å². The number of pyridine rings is 1. The van der Waals surface area contributed by atoms with Crippen molar-refractivity contribution in [3.63, 3.8) is 0 Å². The number of rotatable bonds is 3. The maximum atomic E-state index is 13.2. The van der Waals surface area contributed by atoms with Crippen molar-refractivity contribution in [3.05, 3.63) is 23.6 Å². The van der Waals surface area contributed by atoms with Crippen molar-refractivity contribution < 1.29 is 9.13 Å². The Morgan fingerprint density at radius 3 is 3.18 bits per heavy atom. The fourth-order valence-electron chi connectivity index (χ4n) is 2.09. The molecule has 1 atom stereocenters. The zero-order valence-electron chi connectivity index (χ0n) is 10.2. The van der Waals surface area contributed by atoms with Crippen LogP contribution in [0.4, 0.5) is 10.2 Å². The average Bonchev–Trinajstić information content (AvgIpc) is 2.31. The first-order valence-corrected chi connectivity index (χ1v) is 5.85. The van der Waals surface area contributed by atoms with Gasteiger partial charge in [-0.25, -0.2) is 9.37 Å². The quantitative estimate of drug-likeness (QED) is 0.859. The minimum atomic E-state index is -0.292. The highest BCUT2D eigenvalue weighted by molar-refractivity contribution is 5.48. The van der Waals surface area contributed by atoms with E-state index >= 15 is 0 Å². The van der Waals surface area contributed by atoms with Crippen LogP contribution in [-0.2, 0) is 11.3 Å². The Kier molecular flexibility index (Phi) is 3.91. The van der Waals surface area contributed by atoms with Crippen LogP contribution in [0.5, 0.6) is 0 Å². The Hall–Kier alpha value is -1.20. The molecule has 0 radical (unpaired) electrons. The summed E-state index contributed by atoms with van der Waals surface area (Å²) < 4.78 is 18.6. The van der Waals surface area contributed by atoms with E-state index in [0.717, 1.165) is 17.9 Å². The smallest absolute Gasteiger partial charge is 0.141 e. The van der Waals surface area contributed by atoms with E-state index in [9.17, 15) is 4.39 Å². The van der Waals surface area contributed by atoms with Crippen LogP contribution in [0, 0.1) is 5.82 Å². The Morgan fingerprint density at radius 1 is 1.65 bits per heavy atom. The van der Waals surface area contributed by atoms with Crippen molar-refractivity contribution in [2.75, 3.05) is 31.7 Å². The number of aromatic nitrogens is 1. The van der Waals surface area contributed by atoms with Gasteiger partial charge in [-0.1, -0.05) is 0 Å². The monoisotopic (exact) mass is 239 g/mol. The first-order valence-electron chi connectivity index (χ1n) is 5.85. The lowest BCUT2D eigenvalue weighted by Gasteiger charge is -2.35. The molecule has 2 rings (SSSR count). The van der Waals surface area contributed by atoms with Crippen molar-refractivity contribution in [1.29, 1.82) is 0 Å². The molecule has 4 nitrogen and oxygen atoms in total. The molecule has 1 fully saturated rings. The van der Waals surface area contributed by atoms with E-state index in [1.807, 2.05) is 7.05 Å². The second kappa shape index (κ2) is 5.42. The second-order valence-electron chi connectivity index (χ2n) is 4.28. The summed E-state index contributed by atoms with van der Waals surface area (Å²) in [5, 5.41) is 3.04. The summed E-state index contributed by atoms with van der Waals surface area (Å²) >= 11 is 0. The highest BCUT2D eigenvalue weighted by Gasteiger charge is 2.22. The largest absolute Gasteiger partial charge is 0.377 e.